The lowest BCUT2D eigenvalue weighted by Gasteiger charge is -2.33. The Kier molecular flexibility index (Phi) is 11.9. The van der Waals surface area contributed by atoms with Crippen molar-refractivity contribution in [3.05, 3.63) is 142 Å². The number of thiazole rings is 2. The van der Waals surface area contributed by atoms with E-state index in [-0.39, 0.29) is 35.2 Å². The molecule has 0 bridgehead atoms. The van der Waals surface area contributed by atoms with Crippen LogP contribution >= 0.6 is 62.3 Å². The van der Waals surface area contributed by atoms with E-state index in [1.807, 2.05) is 65.9 Å². The average Bonchev–Trinajstić information content (AvgIpc) is 4.13. The number of rotatable bonds is 8. The van der Waals surface area contributed by atoms with E-state index in [4.69, 9.17) is 4.74 Å². The number of halogens is 1. The number of aromatic nitrogens is 4. The van der Waals surface area contributed by atoms with Crippen molar-refractivity contribution in [1.82, 2.24) is 30.2 Å². The molecule has 0 unspecified atom stereocenters. The number of nitrogens with zero attached hydrogens (tertiary/aromatic N) is 5. The number of amides is 1. The molecule has 8 heterocycles. The first-order chi connectivity index (χ1) is 30.1. The molecular weight excluding hydrogens is 929 g/mol. The van der Waals surface area contributed by atoms with Gasteiger partial charge < -0.3 is 20.7 Å². The molecule has 0 fully saturated rings. The second kappa shape index (κ2) is 17.5. The first-order valence-electron chi connectivity index (χ1n) is 20.2. The maximum absolute atomic E-state index is 13.0. The van der Waals surface area contributed by atoms with E-state index in [1.54, 1.807) is 50.2 Å². The number of hydrogen-bond acceptors (Lipinski definition) is 13. The van der Waals surface area contributed by atoms with Crippen molar-refractivity contribution in [1.29, 1.82) is 0 Å². The quantitative estimate of drug-likeness (QED) is 0.137. The molecule has 6 aromatic heterocycles. The minimum atomic E-state index is -0.502. The van der Waals surface area contributed by atoms with Gasteiger partial charge in [0.05, 0.1) is 48.4 Å². The monoisotopic (exact) mass is 970 g/mol. The van der Waals surface area contributed by atoms with E-state index in [0.717, 1.165) is 76.8 Å². The average molecular weight is 972 g/mol. The van der Waals surface area contributed by atoms with Gasteiger partial charge in [-0.2, -0.15) is 0 Å². The van der Waals surface area contributed by atoms with Crippen LogP contribution in [0.2, 0.25) is 0 Å². The summed E-state index contributed by atoms with van der Waals surface area (Å²) in [4.78, 5) is 37.2. The largest absolute Gasteiger partial charge is 0.445 e. The van der Waals surface area contributed by atoms with Crippen molar-refractivity contribution in [3.8, 4) is 0 Å². The van der Waals surface area contributed by atoms with E-state index in [0.29, 0.717) is 6.54 Å². The number of nitrogens with one attached hydrogen (secondary N) is 3. The minimum absolute atomic E-state index is 0. The molecule has 10 nitrogen and oxygen atoms in total. The summed E-state index contributed by atoms with van der Waals surface area (Å²) in [6, 6.07) is 30.7. The van der Waals surface area contributed by atoms with Crippen molar-refractivity contribution in [2.45, 2.75) is 45.4 Å². The van der Waals surface area contributed by atoms with Crippen LogP contribution in [0.5, 0.6) is 0 Å². The van der Waals surface area contributed by atoms with Gasteiger partial charge in [-0.05, 0) is 105 Å². The molecular formula is C48H43BrN8O2S4. The summed E-state index contributed by atoms with van der Waals surface area (Å²) >= 11 is 6.69. The van der Waals surface area contributed by atoms with Crippen molar-refractivity contribution >= 4 is 143 Å². The van der Waals surface area contributed by atoms with Crippen LogP contribution < -0.4 is 16.0 Å². The fourth-order valence-electron chi connectivity index (χ4n) is 8.02. The first kappa shape index (κ1) is 42.7. The smallest absolute Gasteiger partial charge is 0.411 e. The van der Waals surface area contributed by atoms with Gasteiger partial charge in [0.15, 0.2) is 0 Å². The van der Waals surface area contributed by atoms with Crippen LogP contribution in [0.3, 0.4) is 0 Å². The zero-order valence-corrected chi connectivity index (χ0v) is 39.8. The third kappa shape index (κ3) is 8.61. The van der Waals surface area contributed by atoms with E-state index in [1.165, 1.54) is 19.9 Å². The zero-order chi connectivity index (χ0) is 42.4. The van der Waals surface area contributed by atoms with Crippen LogP contribution in [0.25, 0.3) is 52.0 Å². The van der Waals surface area contributed by atoms with Crippen LogP contribution in [-0.2, 0) is 11.3 Å². The van der Waals surface area contributed by atoms with Crippen molar-refractivity contribution in [2.24, 2.45) is 0 Å². The number of hydrogen-bond donors (Lipinski definition) is 3. The minimum Gasteiger partial charge on any atom is -0.445 e. The lowest BCUT2D eigenvalue weighted by Crippen LogP contribution is -2.44. The van der Waals surface area contributed by atoms with Crippen molar-refractivity contribution < 1.29 is 9.53 Å². The second-order valence-electron chi connectivity index (χ2n) is 16.1. The molecule has 3 N–H and O–H groups in total. The van der Waals surface area contributed by atoms with Gasteiger partial charge in [0.25, 0.3) is 0 Å². The number of thiophene rings is 2. The molecule has 0 saturated carbocycles. The summed E-state index contributed by atoms with van der Waals surface area (Å²) in [6.45, 7) is 10.3. The standard InChI is InChI=1S/C28H24N4O2S2.C20H18N4S2.BrH/c1-28(2)21(11-13-32(28)27(33)34-16-18-6-4-3-5-7-18)25-15-20-22(10-12-29-26(20)36-25)31-19-8-9-24-23(14-19)30-17-35-24;1-20(2)14(5-8-23-20)18-10-13-15(6-7-21-19(13)26-18)24-12-3-4-17-16(9-12)22-11-25-17;/h3-12,14-15,17H,13,16H2,1-2H3,(H,29,31);3-7,9-11,23H,8H2,1-2H3,(H,21,24);1H. The van der Waals surface area contributed by atoms with Gasteiger partial charge in [0.1, 0.15) is 16.3 Å². The predicted molar refractivity (Wildman–Crippen MR) is 271 cm³/mol. The molecule has 1 amide bonds. The summed E-state index contributed by atoms with van der Waals surface area (Å²) < 4.78 is 8.00. The summed E-state index contributed by atoms with van der Waals surface area (Å²) in [6.07, 6.45) is 7.80. The molecule has 0 atom stereocenters. The number of carbonyl (C=O) groups is 1. The van der Waals surface area contributed by atoms with Crippen molar-refractivity contribution in [2.75, 3.05) is 23.7 Å². The van der Waals surface area contributed by atoms with Crippen LogP contribution in [0.4, 0.5) is 27.5 Å². The van der Waals surface area contributed by atoms with Gasteiger partial charge in [-0.25, -0.2) is 24.7 Å². The molecule has 2 aliphatic rings. The molecule has 2 aliphatic heterocycles. The summed E-state index contributed by atoms with van der Waals surface area (Å²) in [7, 11) is 0. The Labute approximate surface area is 391 Å². The Morgan fingerprint density at radius 2 is 1.29 bits per heavy atom. The number of anilines is 4. The summed E-state index contributed by atoms with van der Waals surface area (Å²) in [5, 5.41) is 12.8. The van der Waals surface area contributed by atoms with Crippen molar-refractivity contribution in [3.63, 3.8) is 0 Å². The van der Waals surface area contributed by atoms with Gasteiger partial charge in [0, 0.05) is 62.9 Å². The molecule has 15 heteroatoms. The highest BCUT2D eigenvalue weighted by molar-refractivity contribution is 8.93. The third-order valence-corrected chi connectivity index (χ3v) is 15.2. The summed E-state index contributed by atoms with van der Waals surface area (Å²) in [5.41, 5.74) is 12.8. The lowest BCUT2D eigenvalue weighted by atomic mass is 9.94. The second-order valence-corrected chi connectivity index (χ2v) is 20.0. The molecule has 0 radical (unpaired) electrons. The highest BCUT2D eigenvalue weighted by atomic mass is 79.9. The lowest BCUT2D eigenvalue weighted by molar-refractivity contribution is 0.0824. The number of carbonyl (C=O) groups excluding carboxylic acids is 1. The Hall–Kier alpha value is -5.55. The van der Waals surface area contributed by atoms with Crippen LogP contribution in [0.1, 0.15) is 43.0 Å². The number of pyridine rings is 2. The third-order valence-electron chi connectivity index (χ3n) is 11.4. The molecule has 63 heavy (non-hydrogen) atoms. The maximum Gasteiger partial charge on any atom is 0.411 e. The van der Waals surface area contributed by atoms with E-state index < -0.39 is 5.54 Å². The van der Waals surface area contributed by atoms with Gasteiger partial charge in [-0.1, -0.05) is 42.5 Å². The Bertz CT molecular complexity index is 3190. The molecule has 11 rings (SSSR count). The molecule has 0 spiro atoms. The molecule has 0 saturated heterocycles. The Morgan fingerprint density at radius 3 is 1.84 bits per heavy atom. The SMILES string of the molecule is Br.CC1(C)C(c2cc3c(Nc4ccc5scnc5c4)ccnc3s2)=CCN1C(=O)OCc1ccccc1.CC1(C)NCC=C1c1cc2c(Nc3ccc4scnc4c3)ccnc2s1. The highest BCUT2D eigenvalue weighted by Crippen LogP contribution is 2.44. The number of ether oxygens (including phenoxy) is 1. The fraction of sp³-hybridized carbons (Fsp3) is 0.188. The Balaban J connectivity index is 0.000000165. The van der Waals surface area contributed by atoms with Crippen LogP contribution in [-0.4, -0.2) is 55.1 Å². The molecule has 318 valence electrons. The highest BCUT2D eigenvalue weighted by Gasteiger charge is 2.40. The van der Waals surface area contributed by atoms with Gasteiger partial charge in [-0.15, -0.1) is 62.3 Å². The molecule has 3 aromatic carbocycles. The number of fused-ring (bicyclic) bond motifs is 4. The van der Waals surface area contributed by atoms with Crippen LogP contribution in [0.15, 0.2) is 127 Å². The first-order valence-corrected chi connectivity index (χ1v) is 23.6. The fourth-order valence-corrected chi connectivity index (χ4v) is 11.8. The predicted octanol–water partition coefficient (Wildman–Crippen LogP) is 13.5. The zero-order valence-electron chi connectivity index (χ0n) is 34.8. The normalized spacial score (nSPS) is 15.2. The molecule has 9 aromatic rings. The Morgan fingerprint density at radius 1 is 0.714 bits per heavy atom. The maximum atomic E-state index is 13.0. The summed E-state index contributed by atoms with van der Waals surface area (Å²) in [5.74, 6) is 0. The van der Waals surface area contributed by atoms with Gasteiger partial charge in [0.2, 0.25) is 0 Å². The van der Waals surface area contributed by atoms with Gasteiger partial charge >= 0.3 is 6.09 Å². The van der Waals surface area contributed by atoms with Gasteiger partial charge in [-0.3, -0.25) is 4.90 Å². The van der Waals surface area contributed by atoms with E-state index >= 15 is 0 Å². The number of benzene rings is 3. The van der Waals surface area contributed by atoms with Crippen LogP contribution in [0, 0.1) is 0 Å². The van der Waals surface area contributed by atoms with E-state index in [9.17, 15) is 4.79 Å². The van der Waals surface area contributed by atoms with E-state index in [2.05, 4.69) is 124 Å². The molecule has 0 aliphatic carbocycles. The topological polar surface area (TPSA) is 117 Å².